The first-order valence-electron chi connectivity index (χ1n) is 13.5. The van der Waals surface area contributed by atoms with Crippen LogP contribution < -0.4 is 0 Å². The van der Waals surface area contributed by atoms with E-state index in [-0.39, 0.29) is 29.8 Å². The van der Waals surface area contributed by atoms with Crippen molar-refractivity contribution in [1.82, 2.24) is 14.7 Å². The Labute approximate surface area is 219 Å². The van der Waals surface area contributed by atoms with Crippen LogP contribution in [0.3, 0.4) is 0 Å². The van der Waals surface area contributed by atoms with Gasteiger partial charge in [-0.1, -0.05) is 6.07 Å². The Kier molecular flexibility index (Phi) is 7.90. The zero-order valence-corrected chi connectivity index (χ0v) is 23.0. The zero-order valence-electron chi connectivity index (χ0n) is 23.0. The minimum absolute atomic E-state index is 0.00657. The largest absolute Gasteiger partial charge is 0.444 e. The van der Waals surface area contributed by atoms with Gasteiger partial charge in [0.2, 0.25) is 0 Å². The maximum Gasteiger partial charge on any atom is 0.416 e. The van der Waals surface area contributed by atoms with E-state index in [1.807, 2.05) is 32.6 Å². The van der Waals surface area contributed by atoms with Crippen LogP contribution in [0.1, 0.15) is 77.1 Å². The fraction of sp³-hybridized carbons (Fsp3) is 0.750. The van der Waals surface area contributed by atoms with E-state index >= 15 is 0 Å². The molecular formula is C28H42F3N3O3. The summed E-state index contributed by atoms with van der Waals surface area (Å²) < 4.78 is 51.6. The maximum atomic E-state index is 13.3. The predicted octanol–water partition coefficient (Wildman–Crippen LogP) is 5.50. The molecule has 2 saturated heterocycles. The third-order valence-electron chi connectivity index (χ3n) is 8.23. The number of halogens is 3. The van der Waals surface area contributed by atoms with Gasteiger partial charge in [-0.25, -0.2) is 4.79 Å². The average Bonchev–Trinajstić information content (AvgIpc) is 3.15. The van der Waals surface area contributed by atoms with E-state index in [1.165, 1.54) is 12.1 Å². The topological polar surface area (TPSA) is 45.2 Å². The van der Waals surface area contributed by atoms with Crippen molar-refractivity contribution in [2.45, 2.75) is 96.3 Å². The first kappa shape index (κ1) is 28.2. The summed E-state index contributed by atoms with van der Waals surface area (Å²) in [6.45, 7) is 16.5. The van der Waals surface area contributed by atoms with Crippen molar-refractivity contribution >= 4 is 6.09 Å². The quantitative estimate of drug-likeness (QED) is 0.519. The van der Waals surface area contributed by atoms with Crippen LogP contribution in [-0.2, 0) is 22.1 Å². The van der Waals surface area contributed by atoms with Gasteiger partial charge in [-0.15, -0.1) is 0 Å². The molecule has 2 heterocycles. The standard InChI is InChI=1S/C28H42F3N3O3/c1-7-36-23-17-20-16-21(28(29,30)31)8-9-22(20)24(23)34-15-14-33(18-19(34)2)27(6)10-12-32(13-11-27)25(35)37-26(3,4)5/h8-9,16,19,23-24H,7,10-15,17-18H2,1-6H3/t19-,23+,24+/m0/s1. The Morgan fingerprint density at radius 2 is 1.78 bits per heavy atom. The van der Waals surface area contributed by atoms with Gasteiger partial charge in [0, 0.05) is 57.3 Å². The molecule has 0 spiro atoms. The van der Waals surface area contributed by atoms with Crippen molar-refractivity contribution in [2.24, 2.45) is 0 Å². The minimum atomic E-state index is -4.35. The Morgan fingerprint density at radius 3 is 2.35 bits per heavy atom. The maximum absolute atomic E-state index is 13.3. The van der Waals surface area contributed by atoms with Gasteiger partial charge in [-0.2, -0.15) is 13.2 Å². The fourth-order valence-corrected chi connectivity index (χ4v) is 6.22. The van der Waals surface area contributed by atoms with E-state index in [1.54, 1.807) is 6.07 Å². The molecule has 2 aliphatic heterocycles. The molecule has 4 rings (SSSR count). The number of nitrogens with zero attached hydrogens (tertiary/aromatic N) is 3. The molecule has 1 aliphatic carbocycles. The highest BCUT2D eigenvalue weighted by Crippen LogP contribution is 2.43. The summed E-state index contributed by atoms with van der Waals surface area (Å²) >= 11 is 0. The normalized spacial score (nSPS) is 27.3. The summed E-state index contributed by atoms with van der Waals surface area (Å²) in [6.07, 6.45) is -2.47. The summed E-state index contributed by atoms with van der Waals surface area (Å²) in [5.74, 6) is 0. The van der Waals surface area contributed by atoms with E-state index in [9.17, 15) is 18.0 Å². The number of amides is 1. The van der Waals surface area contributed by atoms with E-state index in [0.29, 0.717) is 26.1 Å². The number of piperidine rings is 1. The minimum Gasteiger partial charge on any atom is -0.444 e. The molecule has 37 heavy (non-hydrogen) atoms. The SMILES string of the molecule is CCO[C@@H]1Cc2cc(C(F)(F)F)ccc2[C@H]1N1CCN(C2(C)CCN(C(=O)OC(C)(C)C)CC2)C[C@@H]1C. The fourth-order valence-electron chi connectivity index (χ4n) is 6.22. The third-order valence-corrected chi connectivity index (χ3v) is 8.23. The second kappa shape index (κ2) is 10.4. The molecule has 1 amide bonds. The molecule has 9 heteroatoms. The molecule has 0 aromatic heterocycles. The Balaban J connectivity index is 1.43. The highest BCUT2D eigenvalue weighted by molar-refractivity contribution is 5.68. The second-order valence-electron chi connectivity index (χ2n) is 12.1. The summed E-state index contributed by atoms with van der Waals surface area (Å²) in [5, 5.41) is 0. The zero-order chi connectivity index (χ0) is 27.2. The van der Waals surface area contributed by atoms with Crippen molar-refractivity contribution in [3.05, 3.63) is 34.9 Å². The van der Waals surface area contributed by atoms with Crippen molar-refractivity contribution in [1.29, 1.82) is 0 Å². The lowest BCUT2D eigenvalue weighted by Crippen LogP contribution is -2.63. The van der Waals surface area contributed by atoms with Gasteiger partial charge in [-0.3, -0.25) is 9.80 Å². The van der Waals surface area contributed by atoms with Crippen LogP contribution in [0.25, 0.3) is 0 Å². The van der Waals surface area contributed by atoms with Gasteiger partial charge in [0.05, 0.1) is 17.7 Å². The number of hydrogen-bond donors (Lipinski definition) is 0. The molecule has 0 radical (unpaired) electrons. The van der Waals surface area contributed by atoms with Crippen molar-refractivity contribution < 1.29 is 27.4 Å². The van der Waals surface area contributed by atoms with Gasteiger partial charge in [-0.05, 0) is 77.6 Å². The van der Waals surface area contributed by atoms with Crippen molar-refractivity contribution in [3.63, 3.8) is 0 Å². The van der Waals surface area contributed by atoms with Crippen LogP contribution in [0.4, 0.5) is 18.0 Å². The van der Waals surface area contributed by atoms with Gasteiger partial charge >= 0.3 is 12.3 Å². The number of fused-ring (bicyclic) bond motifs is 1. The first-order valence-corrected chi connectivity index (χ1v) is 13.5. The Morgan fingerprint density at radius 1 is 1.11 bits per heavy atom. The lowest BCUT2D eigenvalue weighted by molar-refractivity contribution is -0.137. The molecule has 2 fully saturated rings. The number of alkyl halides is 3. The molecular weight excluding hydrogens is 483 g/mol. The van der Waals surface area contributed by atoms with E-state index in [0.717, 1.165) is 43.6 Å². The molecule has 208 valence electrons. The smallest absolute Gasteiger partial charge is 0.416 e. The number of carbonyl (C=O) groups is 1. The molecule has 0 N–H and O–H groups in total. The van der Waals surface area contributed by atoms with Crippen LogP contribution in [0.2, 0.25) is 0 Å². The number of ether oxygens (including phenoxy) is 2. The van der Waals surface area contributed by atoms with Gasteiger partial charge in [0.25, 0.3) is 0 Å². The van der Waals surface area contributed by atoms with Crippen LogP contribution >= 0.6 is 0 Å². The molecule has 6 nitrogen and oxygen atoms in total. The number of likely N-dealkylation sites (tertiary alicyclic amines) is 1. The van der Waals surface area contributed by atoms with Crippen molar-refractivity contribution in [2.75, 3.05) is 39.3 Å². The second-order valence-corrected chi connectivity index (χ2v) is 12.1. The molecule has 3 atom stereocenters. The lowest BCUT2D eigenvalue weighted by Gasteiger charge is -2.53. The highest BCUT2D eigenvalue weighted by atomic mass is 19.4. The van der Waals surface area contributed by atoms with E-state index in [4.69, 9.17) is 9.47 Å². The number of rotatable bonds is 4. The van der Waals surface area contributed by atoms with E-state index < -0.39 is 17.3 Å². The van der Waals surface area contributed by atoms with Crippen LogP contribution in [0.5, 0.6) is 0 Å². The van der Waals surface area contributed by atoms with Crippen LogP contribution in [0, 0.1) is 0 Å². The first-order chi connectivity index (χ1) is 17.2. The van der Waals surface area contributed by atoms with Gasteiger partial charge < -0.3 is 14.4 Å². The monoisotopic (exact) mass is 525 g/mol. The summed E-state index contributed by atoms with van der Waals surface area (Å²) in [4.78, 5) is 19.3. The summed E-state index contributed by atoms with van der Waals surface area (Å²) in [7, 11) is 0. The molecule has 0 unspecified atom stereocenters. The van der Waals surface area contributed by atoms with Gasteiger partial charge in [0.1, 0.15) is 5.60 Å². The van der Waals surface area contributed by atoms with Crippen LogP contribution in [-0.4, -0.2) is 83.4 Å². The third kappa shape index (κ3) is 6.09. The molecule has 1 aromatic rings. The Hall–Kier alpha value is -1.84. The van der Waals surface area contributed by atoms with Crippen molar-refractivity contribution in [3.8, 4) is 0 Å². The molecule has 0 bridgehead atoms. The highest BCUT2D eigenvalue weighted by Gasteiger charge is 2.45. The summed E-state index contributed by atoms with van der Waals surface area (Å²) in [5.41, 5.74) is 0.604. The molecule has 3 aliphatic rings. The van der Waals surface area contributed by atoms with Gasteiger partial charge in [0.15, 0.2) is 0 Å². The number of carbonyl (C=O) groups excluding carboxylic acids is 1. The van der Waals surface area contributed by atoms with Crippen LogP contribution in [0.15, 0.2) is 18.2 Å². The average molecular weight is 526 g/mol. The number of piperazine rings is 1. The Bertz CT molecular complexity index is 970. The molecule has 0 saturated carbocycles. The van der Waals surface area contributed by atoms with E-state index in [2.05, 4.69) is 23.6 Å². The summed E-state index contributed by atoms with van der Waals surface area (Å²) in [6, 6.07) is 4.35. The molecule has 1 aromatic carbocycles. The predicted molar refractivity (Wildman–Crippen MR) is 136 cm³/mol. The number of benzene rings is 1. The number of hydrogen-bond acceptors (Lipinski definition) is 5. The lowest BCUT2D eigenvalue weighted by atomic mass is 9.86.